The summed E-state index contributed by atoms with van der Waals surface area (Å²) in [5, 5.41) is 10.8. The molecule has 2 heterocycles. The summed E-state index contributed by atoms with van der Waals surface area (Å²) in [6.45, 7) is 5.56. The summed E-state index contributed by atoms with van der Waals surface area (Å²) in [5.74, 6) is 0.0348. The highest BCUT2D eigenvalue weighted by molar-refractivity contribution is 5.78. The van der Waals surface area contributed by atoms with Crippen molar-refractivity contribution in [3.05, 3.63) is 69.1 Å². The lowest BCUT2D eigenvalue weighted by molar-refractivity contribution is -0.384. The number of imidazole rings is 1. The third-order valence-electron chi connectivity index (χ3n) is 5.98. The van der Waals surface area contributed by atoms with E-state index in [-0.39, 0.29) is 23.7 Å². The maximum Gasteiger partial charge on any atom is 0.329 e. The predicted molar refractivity (Wildman–Crippen MR) is 123 cm³/mol. The van der Waals surface area contributed by atoms with Gasteiger partial charge in [-0.05, 0) is 30.7 Å². The average molecular weight is 438 g/mol. The van der Waals surface area contributed by atoms with Crippen molar-refractivity contribution < 1.29 is 9.72 Å². The Labute approximate surface area is 185 Å². The number of piperazine rings is 1. The molecule has 0 atom stereocenters. The van der Waals surface area contributed by atoms with Gasteiger partial charge in [-0.25, -0.2) is 4.79 Å². The summed E-state index contributed by atoms with van der Waals surface area (Å²) in [4.78, 5) is 40.1. The largest absolute Gasteiger partial charge is 0.368 e. The quantitative estimate of drug-likeness (QED) is 0.419. The number of para-hydroxylation sites is 2. The van der Waals surface area contributed by atoms with Crippen molar-refractivity contribution >= 4 is 28.3 Å². The molecule has 0 radical (unpaired) electrons. The van der Waals surface area contributed by atoms with Crippen molar-refractivity contribution in [2.75, 3.05) is 31.1 Å². The number of non-ortho nitro benzene ring substituents is 1. The lowest BCUT2D eigenvalue weighted by Gasteiger charge is -2.36. The molecule has 1 amide bonds. The molecule has 9 heteroatoms. The van der Waals surface area contributed by atoms with E-state index in [4.69, 9.17) is 0 Å². The van der Waals surface area contributed by atoms with Crippen LogP contribution < -0.4 is 10.6 Å². The van der Waals surface area contributed by atoms with Gasteiger partial charge in [-0.3, -0.25) is 24.0 Å². The number of hydrogen-bond donors (Lipinski definition) is 0. The molecule has 1 aromatic heterocycles. The van der Waals surface area contributed by atoms with Gasteiger partial charge in [0.2, 0.25) is 5.91 Å². The molecule has 4 rings (SSSR count). The molecule has 0 bridgehead atoms. The van der Waals surface area contributed by atoms with Crippen LogP contribution in [0.1, 0.15) is 19.8 Å². The Balaban J connectivity index is 1.37. The van der Waals surface area contributed by atoms with Gasteiger partial charge in [0.25, 0.3) is 5.69 Å². The predicted octanol–water partition coefficient (Wildman–Crippen LogP) is 2.86. The van der Waals surface area contributed by atoms with Crippen molar-refractivity contribution in [2.24, 2.45) is 0 Å². The lowest BCUT2D eigenvalue weighted by atomic mass is 10.2. The first kappa shape index (κ1) is 21.6. The molecule has 32 heavy (non-hydrogen) atoms. The summed E-state index contributed by atoms with van der Waals surface area (Å²) >= 11 is 0. The van der Waals surface area contributed by atoms with E-state index in [1.54, 1.807) is 21.3 Å². The lowest BCUT2D eigenvalue weighted by Crippen LogP contribution is -2.49. The zero-order valence-corrected chi connectivity index (χ0v) is 18.1. The summed E-state index contributed by atoms with van der Waals surface area (Å²) in [6.07, 6.45) is 1.14. The Hall–Kier alpha value is -3.62. The van der Waals surface area contributed by atoms with Gasteiger partial charge >= 0.3 is 5.69 Å². The third-order valence-corrected chi connectivity index (χ3v) is 5.98. The van der Waals surface area contributed by atoms with Gasteiger partial charge in [0, 0.05) is 63.5 Å². The highest BCUT2D eigenvalue weighted by atomic mass is 16.6. The van der Waals surface area contributed by atoms with Gasteiger partial charge in [0.15, 0.2) is 0 Å². The second-order valence-corrected chi connectivity index (χ2v) is 7.97. The molecule has 1 fully saturated rings. The minimum Gasteiger partial charge on any atom is -0.368 e. The standard InChI is InChI=1S/C23H27N5O4/c1-2-12-26-20-5-3-4-6-21(20)27(23(26)30)13-11-22(29)25-16-14-24(15-17-25)18-7-9-19(10-8-18)28(31)32/h3-10H,2,11-17H2,1H3. The van der Waals surface area contributed by atoms with Crippen LogP contribution in [0, 0.1) is 10.1 Å². The molecule has 168 valence electrons. The number of fused-ring (bicyclic) bond motifs is 1. The summed E-state index contributed by atoms with van der Waals surface area (Å²) < 4.78 is 3.48. The van der Waals surface area contributed by atoms with Crippen molar-refractivity contribution in [1.29, 1.82) is 0 Å². The van der Waals surface area contributed by atoms with E-state index in [9.17, 15) is 19.7 Å². The fraction of sp³-hybridized carbons (Fsp3) is 0.391. The number of hydrogen-bond acceptors (Lipinski definition) is 5. The van der Waals surface area contributed by atoms with Crippen LogP contribution >= 0.6 is 0 Å². The van der Waals surface area contributed by atoms with Crippen LogP contribution in [0.25, 0.3) is 11.0 Å². The Morgan fingerprint density at radius 2 is 1.53 bits per heavy atom. The molecular formula is C23H27N5O4. The minimum atomic E-state index is -0.411. The third kappa shape index (κ3) is 4.23. The first-order valence-electron chi connectivity index (χ1n) is 10.9. The number of nitrogens with zero attached hydrogens (tertiary/aromatic N) is 5. The molecule has 2 aromatic carbocycles. The first-order valence-corrected chi connectivity index (χ1v) is 10.9. The van der Waals surface area contributed by atoms with Crippen molar-refractivity contribution in [3.8, 4) is 0 Å². The molecule has 1 aliphatic rings. The zero-order valence-electron chi connectivity index (χ0n) is 18.1. The molecule has 0 aliphatic carbocycles. The number of aromatic nitrogens is 2. The summed E-state index contributed by atoms with van der Waals surface area (Å²) in [7, 11) is 0. The molecular weight excluding hydrogens is 410 g/mol. The smallest absolute Gasteiger partial charge is 0.329 e. The molecule has 0 saturated carbocycles. The number of nitro benzene ring substituents is 1. The average Bonchev–Trinajstić information content (AvgIpc) is 3.09. The van der Waals surface area contributed by atoms with Gasteiger partial charge in [0.05, 0.1) is 16.0 Å². The number of rotatable bonds is 7. The molecule has 1 aliphatic heterocycles. The van der Waals surface area contributed by atoms with Crippen LogP contribution in [0.5, 0.6) is 0 Å². The van der Waals surface area contributed by atoms with Gasteiger partial charge in [0.1, 0.15) is 0 Å². The first-order chi connectivity index (χ1) is 15.5. The van der Waals surface area contributed by atoms with Gasteiger partial charge < -0.3 is 9.80 Å². The second kappa shape index (κ2) is 9.25. The maximum atomic E-state index is 12.9. The fourth-order valence-corrected chi connectivity index (χ4v) is 4.29. The van der Waals surface area contributed by atoms with E-state index < -0.39 is 4.92 Å². The zero-order chi connectivity index (χ0) is 22.7. The van der Waals surface area contributed by atoms with Crippen LogP contribution in [-0.4, -0.2) is 51.0 Å². The fourth-order valence-electron chi connectivity index (χ4n) is 4.29. The summed E-state index contributed by atoms with van der Waals surface area (Å²) in [5.41, 5.74) is 2.69. The number of amides is 1. The van der Waals surface area contributed by atoms with E-state index in [0.717, 1.165) is 23.1 Å². The Bertz CT molecular complexity index is 1170. The van der Waals surface area contributed by atoms with Crippen LogP contribution in [0.15, 0.2) is 53.3 Å². The normalized spacial score (nSPS) is 14.2. The molecule has 0 unspecified atom stereocenters. The Morgan fingerprint density at radius 3 is 2.09 bits per heavy atom. The molecule has 1 saturated heterocycles. The minimum absolute atomic E-state index is 0.0348. The molecule has 0 spiro atoms. The van der Waals surface area contributed by atoms with Gasteiger partial charge in [-0.2, -0.15) is 0 Å². The number of carbonyl (C=O) groups excluding carboxylic acids is 1. The molecule has 9 nitrogen and oxygen atoms in total. The Kier molecular flexibility index (Phi) is 6.25. The number of anilines is 1. The van der Waals surface area contributed by atoms with Gasteiger partial charge in [-0.15, -0.1) is 0 Å². The van der Waals surface area contributed by atoms with Crippen LogP contribution in [-0.2, 0) is 17.9 Å². The number of benzene rings is 2. The van der Waals surface area contributed by atoms with E-state index in [0.29, 0.717) is 39.3 Å². The van der Waals surface area contributed by atoms with Gasteiger partial charge in [-0.1, -0.05) is 19.1 Å². The monoisotopic (exact) mass is 437 g/mol. The van der Waals surface area contributed by atoms with E-state index in [2.05, 4.69) is 4.90 Å². The highest BCUT2D eigenvalue weighted by Gasteiger charge is 2.22. The second-order valence-electron chi connectivity index (χ2n) is 7.97. The van der Waals surface area contributed by atoms with E-state index in [1.165, 1.54) is 12.1 Å². The van der Waals surface area contributed by atoms with Crippen LogP contribution in [0.2, 0.25) is 0 Å². The van der Waals surface area contributed by atoms with Crippen LogP contribution in [0.3, 0.4) is 0 Å². The van der Waals surface area contributed by atoms with Crippen LogP contribution in [0.4, 0.5) is 11.4 Å². The number of aryl methyl sites for hydroxylation is 2. The van der Waals surface area contributed by atoms with Crippen molar-refractivity contribution in [1.82, 2.24) is 14.0 Å². The molecule has 3 aromatic rings. The maximum absolute atomic E-state index is 12.9. The number of nitro groups is 1. The van der Waals surface area contributed by atoms with Crippen molar-refractivity contribution in [3.63, 3.8) is 0 Å². The highest BCUT2D eigenvalue weighted by Crippen LogP contribution is 2.21. The SMILES string of the molecule is CCCn1c(=O)n(CCC(=O)N2CCN(c3ccc([N+](=O)[O-])cc3)CC2)c2ccccc21. The van der Waals surface area contributed by atoms with Crippen molar-refractivity contribution in [2.45, 2.75) is 32.9 Å². The Morgan fingerprint density at radius 1 is 0.938 bits per heavy atom. The van der Waals surface area contributed by atoms with E-state index in [1.807, 2.05) is 36.1 Å². The number of carbonyl (C=O) groups is 1. The van der Waals surface area contributed by atoms with E-state index >= 15 is 0 Å². The topological polar surface area (TPSA) is 93.6 Å². The molecule has 0 N–H and O–H groups in total. The summed E-state index contributed by atoms with van der Waals surface area (Å²) in [6, 6.07) is 14.2.